The van der Waals surface area contributed by atoms with E-state index in [1.54, 1.807) is 12.0 Å². The standard InChI is InChI=1S/C23H31N3O3/c1-4-29-22-12-8-6-10-20(22)26-15-13-25(14-16-26)18-23(27)24(2)17-19-9-5-7-11-21(19)28-3/h5-12H,4,13-18H2,1-3H3. The number of anilines is 1. The molecule has 6 heteroatoms. The Balaban J connectivity index is 1.52. The Labute approximate surface area is 173 Å². The molecule has 6 nitrogen and oxygen atoms in total. The van der Waals surface area contributed by atoms with Gasteiger partial charge < -0.3 is 19.3 Å². The van der Waals surface area contributed by atoms with Crippen LogP contribution in [0.2, 0.25) is 0 Å². The van der Waals surface area contributed by atoms with E-state index in [9.17, 15) is 4.79 Å². The fourth-order valence-corrected chi connectivity index (χ4v) is 3.63. The second-order valence-electron chi connectivity index (χ2n) is 7.23. The molecule has 2 aromatic rings. The second-order valence-corrected chi connectivity index (χ2v) is 7.23. The van der Waals surface area contributed by atoms with Crippen molar-refractivity contribution in [3.8, 4) is 11.5 Å². The summed E-state index contributed by atoms with van der Waals surface area (Å²) in [5.74, 6) is 1.86. The van der Waals surface area contributed by atoms with E-state index in [1.807, 2.05) is 56.4 Å². The molecule has 0 spiro atoms. The number of nitrogens with zero attached hydrogens (tertiary/aromatic N) is 3. The van der Waals surface area contributed by atoms with Crippen molar-refractivity contribution in [2.45, 2.75) is 13.5 Å². The number of ether oxygens (including phenoxy) is 2. The third-order valence-corrected chi connectivity index (χ3v) is 5.26. The van der Waals surface area contributed by atoms with Crippen LogP contribution in [0.5, 0.6) is 11.5 Å². The number of rotatable bonds is 8. The molecular formula is C23H31N3O3. The van der Waals surface area contributed by atoms with Crippen molar-refractivity contribution in [2.75, 3.05) is 58.4 Å². The summed E-state index contributed by atoms with van der Waals surface area (Å²) in [6.45, 7) is 7.12. The van der Waals surface area contributed by atoms with Gasteiger partial charge in [-0.2, -0.15) is 0 Å². The minimum atomic E-state index is 0.124. The molecule has 0 radical (unpaired) electrons. The maximum atomic E-state index is 12.7. The normalized spacial score (nSPS) is 14.5. The highest BCUT2D eigenvalue weighted by Crippen LogP contribution is 2.28. The third-order valence-electron chi connectivity index (χ3n) is 5.26. The van der Waals surface area contributed by atoms with E-state index in [4.69, 9.17) is 9.47 Å². The summed E-state index contributed by atoms with van der Waals surface area (Å²) < 4.78 is 11.2. The summed E-state index contributed by atoms with van der Waals surface area (Å²) in [7, 11) is 3.51. The molecule has 2 aromatic carbocycles. The predicted octanol–water partition coefficient (Wildman–Crippen LogP) is 2.87. The van der Waals surface area contributed by atoms with E-state index >= 15 is 0 Å². The van der Waals surface area contributed by atoms with Crippen molar-refractivity contribution >= 4 is 11.6 Å². The first kappa shape index (κ1) is 21.0. The number of carbonyl (C=O) groups is 1. The van der Waals surface area contributed by atoms with E-state index in [0.29, 0.717) is 19.7 Å². The molecule has 1 aliphatic rings. The second kappa shape index (κ2) is 10.2. The lowest BCUT2D eigenvalue weighted by atomic mass is 10.2. The zero-order valence-corrected chi connectivity index (χ0v) is 17.6. The summed E-state index contributed by atoms with van der Waals surface area (Å²) in [5, 5.41) is 0. The minimum Gasteiger partial charge on any atom is -0.496 e. The van der Waals surface area contributed by atoms with Gasteiger partial charge in [-0.05, 0) is 25.1 Å². The number of hydrogen-bond acceptors (Lipinski definition) is 5. The molecule has 0 saturated carbocycles. The van der Waals surface area contributed by atoms with Crippen LogP contribution in [-0.2, 0) is 11.3 Å². The van der Waals surface area contributed by atoms with Crippen molar-refractivity contribution < 1.29 is 14.3 Å². The van der Waals surface area contributed by atoms with E-state index in [-0.39, 0.29) is 5.91 Å². The van der Waals surface area contributed by atoms with Crippen molar-refractivity contribution in [3.63, 3.8) is 0 Å². The molecule has 3 rings (SSSR count). The molecule has 0 N–H and O–H groups in total. The lowest BCUT2D eigenvalue weighted by Crippen LogP contribution is -2.49. The molecule has 0 unspecified atom stereocenters. The van der Waals surface area contributed by atoms with Crippen LogP contribution >= 0.6 is 0 Å². The van der Waals surface area contributed by atoms with E-state index in [2.05, 4.69) is 15.9 Å². The van der Waals surface area contributed by atoms with Crippen molar-refractivity contribution in [1.82, 2.24) is 9.80 Å². The van der Waals surface area contributed by atoms with Gasteiger partial charge in [-0.1, -0.05) is 30.3 Å². The van der Waals surface area contributed by atoms with Crippen molar-refractivity contribution in [1.29, 1.82) is 0 Å². The fraction of sp³-hybridized carbons (Fsp3) is 0.435. The molecular weight excluding hydrogens is 366 g/mol. The zero-order chi connectivity index (χ0) is 20.6. The Morgan fingerprint density at radius 2 is 1.66 bits per heavy atom. The number of amides is 1. The number of benzene rings is 2. The number of likely N-dealkylation sites (N-methyl/N-ethyl adjacent to an activating group) is 1. The lowest BCUT2D eigenvalue weighted by Gasteiger charge is -2.36. The van der Waals surface area contributed by atoms with E-state index in [0.717, 1.165) is 48.9 Å². The van der Waals surface area contributed by atoms with Gasteiger partial charge in [0.1, 0.15) is 11.5 Å². The molecule has 0 aliphatic carbocycles. The lowest BCUT2D eigenvalue weighted by molar-refractivity contribution is -0.131. The first-order valence-corrected chi connectivity index (χ1v) is 10.2. The summed E-state index contributed by atoms with van der Waals surface area (Å²) in [6.07, 6.45) is 0. The maximum Gasteiger partial charge on any atom is 0.236 e. The Morgan fingerprint density at radius 3 is 2.34 bits per heavy atom. The van der Waals surface area contributed by atoms with Gasteiger partial charge in [0.15, 0.2) is 0 Å². The summed E-state index contributed by atoms with van der Waals surface area (Å²) in [5.41, 5.74) is 2.15. The van der Waals surface area contributed by atoms with Crippen LogP contribution < -0.4 is 14.4 Å². The largest absolute Gasteiger partial charge is 0.496 e. The van der Waals surface area contributed by atoms with Crippen LogP contribution in [0, 0.1) is 0 Å². The summed E-state index contributed by atoms with van der Waals surface area (Å²) >= 11 is 0. The van der Waals surface area contributed by atoms with Gasteiger partial charge in [0.05, 0.1) is 25.9 Å². The molecule has 0 bridgehead atoms. The molecule has 0 aromatic heterocycles. The SMILES string of the molecule is CCOc1ccccc1N1CCN(CC(=O)N(C)Cc2ccccc2OC)CC1. The highest BCUT2D eigenvalue weighted by atomic mass is 16.5. The minimum absolute atomic E-state index is 0.124. The maximum absolute atomic E-state index is 12.7. The quantitative estimate of drug-likeness (QED) is 0.685. The number of carbonyl (C=O) groups excluding carboxylic acids is 1. The van der Waals surface area contributed by atoms with Crippen LogP contribution in [0.1, 0.15) is 12.5 Å². The van der Waals surface area contributed by atoms with Crippen LogP contribution in [0.15, 0.2) is 48.5 Å². The highest BCUT2D eigenvalue weighted by molar-refractivity contribution is 5.78. The molecule has 1 fully saturated rings. The number of hydrogen-bond donors (Lipinski definition) is 0. The van der Waals surface area contributed by atoms with Crippen molar-refractivity contribution in [2.24, 2.45) is 0 Å². The monoisotopic (exact) mass is 397 g/mol. The van der Waals surface area contributed by atoms with E-state index < -0.39 is 0 Å². The molecule has 0 atom stereocenters. The van der Waals surface area contributed by atoms with Gasteiger partial charge in [0.2, 0.25) is 5.91 Å². The zero-order valence-electron chi connectivity index (χ0n) is 17.6. The van der Waals surface area contributed by atoms with Crippen LogP contribution in [0.3, 0.4) is 0 Å². The average Bonchev–Trinajstić information content (AvgIpc) is 2.75. The smallest absolute Gasteiger partial charge is 0.236 e. The van der Waals surface area contributed by atoms with Gasteiger partial charge in [-0.15, -0.1) is 0 Å². The number of methoxy groups -OCH3 is 1. The third kappa shape index (κ3) is 5.41. The fourth-order valence-electron chi connectivity index (χ4n) is 3.63. The molecule has 156 valence electrons. The first-order valence-electron chi connectivity index (χ1n) is 10.2. The molecule has 1 amide bonds. The predicted molar refractivity (Wildman–Crippen MR) is 116 cm³/mol. The number of piperazine rings is 1. The Morgan fingerprint density at radius 1 is 1.00 bits per heavy atom. The summed E-state index contributed by atoms with van der Waals surface area (Å²) in [4.78, 5) is 19.0. The Bertz CT molecular complexity index is 803. The van der Waals surface area contributed by atoms with Gasteiger partial charge in [0, 0.05) is 45.3 Å². The van der Waals surface area contributed by atoms with E-state index in [1.165, 1.54) is 0 Å². The van der Waals surface area contributed by atoms with Gasteiger partial charge in [-0.25, -0.2) is 0 Å². The van der Waals surface area contributed by atoms with Gasteiger partial charge in [-0.3, -0.25) is 9.69 Å². The van der Waals surface area contributed by atoms with Crippen LogP contribution in [0.25, 0.3) is 0 Å². The highest BCUT2D eigenvalue weighted by Gasteiger charge is 2.22. The van der Waals surface area contributed by atoms with Gasteiger partial charge >= 0.3 is 0 Å². The van der Waals surface area contributed by atoms with Crippen LogP contribution in [0.4, 0.5) is 5.69 Å². The average molecular weight is 398 g/mol. The Hall–Kier alpha value is -2.73. The van der Waals surface area contributed by atoms with Gasteiger partial charge in [0.25, 0.3) is 0 Å². The topological polar surface area (TPSA) is 45.2 Å². The Kier molecular flexibility index (Phi) is 7.36. The molecule has 1 aliphatic heterocycles. The molecule has 1 saturated heterocycles. The number of para-hydroxylation sites is 3. The first-order chi connectivity index (χ1) is 14.1. The molecule has 29 heavy (non-hydrogen) atoms. The van der Waals surface area contributed by atoms with Crippen molar-refractivity contribution in [3.05, 3.63) is 54.1 Å². The summed E-state index contributed by atoms with van der Waals surface area (Å²) in [6, 6.07) is 16.0. The van der Waals surface area contributed by atoms with Crippen LogP contribution in [-0.4, -0.2) is 69.2 Å². The molecule has 1 heterocycles.